The molecule has 1 spiro atoms. The molecule has 1 aliphatic carbocycles. The zero-order valence-corrected chi connectivity index (χ0v) is 20.4. The van der Waals surface area contributed by atoms with Crippen molar-refractivity contribution in [2.45, 2.75) is 42.1 Å². The summed E-state index contributed by atoms with van der Waals surface area (Å²) in [6.45, 7) is 2.89. The Kier molecular flexibility index (Phi) is 5.09. The number of amides is 1. The first-order valence-corrected chi connectivity index (χ1v) is 12.6. The van der Waals surface area contributed by atoms with Gasteiger partial charge >= 0.3 is 0 Å². The van der Waals surface area contributed by atoms with Crippen LogP contribution < -0.4 is 10.2 Å². The normalized spacial score (nSPS) is 20.8. The zero-order valence-electron chi connectivity index (χ0n) is 18.8. The van der Waals surface area contributed by atoms with Crippen molar-refractivity contribution in [2.24, 2.45) is 0 Å². The Labute approximate surface area is 206 Å². The summed E-state index contributed by atoms with van der Waals surface area (Å²) in [5.41, 5.74) is 4.37. The number of hydrogen-bond acceptors (Lipinski definition) is 6. The SMILES string of the molecule is CC1Sc2nc(Nc3ccc4c(c3)CCN(C)C43CC3)ncc2C(=O)N1c1c(F)cccc1Cl. The van der Waals surface area contributed by atoms with Crippen LogP contribution in [0.1, 0.15) is 41.3 Å². The molecule has 1 amide bonds. The Balaban J connectivity index is 1.27. The number of rotatable bonds is 3. The highest BCUT2D eigenvalue weighted by Gasteiger charge is 2.50. The van der Waals surface area contributed by atoms with Crippen molar-refractivity contribution in [3.8, 4) is 0 Å². The molecule has 1 saturated carbocycles. The van der Waals surface area contributed by atoms with Gasteiger partial charge in [0.05, 0.1) is 21.6 Å². The third-order valence-electron chi connectivity index (χ3n) is 7.06. The molecule has 1 aromatic heterocycles. The fraction of sp³-hybridized carbons (Fsp3) is 0.320. The van der Waals surface area contributed by atoms with Gasteiger partial charge in [-0.3, -0.25) is 14.6 Å². The lowest BCUT2D eigenvalue weighted by atomic mass is 9.90. The van der Waals surface area contributed by atoms with Gasteiger partial charge in [-0.1, -0.05) is 35.5 Å². The molecule has 174 valence electrons. The Morgan fingerprint density at radius 1 is 1.26 bits per heavy atom. The van der Waals surface area contributed by atoms with E-state index in [1.165, 1.54) is 59.0 Å². The highest BCUT2D eigenvalue weighted by Crippen LogP contribution is 2.53. The first kappa shape index (κ1) is 21.8. The topological polar surface area (TPSA) is 61.4 Å². The summed E-state index contributed by atoms with van der Waals surface area (Å²) in [6.07, 6.45) is 4.95. The number of anilines is 3. The van der Waals surface area contributed by atoms with E-state index in [9.17, 15) is 9.18 Å². The van der Waals surface area contributed by atoms with Crippen molar-refractivity contribution < 1.29 is 9.18 Å². The molecule has 2 aromatic carbocycles. The van der Waals surface area contributed by atoms with E-state index in [4.69, 9.17) is 11.6 Å². The third kappa shape index (κ3) is 3.39. The van der Waals surface area contributed by atoms with E-state index >= 15 is 0 Å². The number of carbonyl (C=O) groups excluding carboxylic acids is 1. The lowest BCUT2D eigenvalue weighted by molar-refractivity contribution is 0.0978. The van der Waals surface area contributed by atoms with Crippen molar-refractivity contribution >= 4 is 46.6 Å². The summed E-state index contributed by atoms with van der Waals surface area (Å²) in [4.78, 5) is 26.1. The van der Waals surface area contributed by atoms with Crippen LogP contribution in [0.25, 0.3) is 0 Å². The third-order valence-corrected chi connectivity index (χ3v) is 8.45. The fourth-order valence-corrected chi connectivity index (χ4v) is 6.40. The molecule has 1 unspecified atom stereocenters. The molecule has 1 atom stereocenters. The van der Waals surface area contributed by atoms with Crippen LogP contribution in [0.3, 0.4) is 0 Å². The molecule has 6 rings (SSSR count). The average Bonchev–Trinajstić information content (AvgIpc) is 3.60. The molecule has 3 aliphatic rings. The van der Waals surface area contributed by atoms with Crippen LogP contribution in [0.4, 0.5) is 21.7 Å². The second-order valence-electron chi connectivity index (χ2n) is 9.08. The standard InChI is InChI=1S/C25H23ClFN5OS/c1-14-32(21-19(26)4-3-5-20(21)27)23(33)17-13-28-24(30-22(17)34-14)29-16-6-7-18-15(12-16)8-11-31(2)25(18)9-10-25/h3-7,12-14H,8-11H2,1-2H3,(H,28,29,30). The summed E-state index contributed by atoms with van der Waals surface area (Å²) in [5.74, 6) is -0.479. The number of nitrogens with one attached hydrogen (secondary N) is 1. The predicted octanol–water partition coefficient (Wildman–Crippen LogP) is 5.59. The van der Waals surface area contributed by atoms with E-state index in [0.29, 0.717) is 16.5 Å². The first-order chi connectivity index (χ1) is 16.4. The van der Waals surface area contributed by atoms with Gasteiger partial charge in [0.1, 0.15) is 10.8 Å². The molecular weight excluding hydrogens is 473 g/mol. The molecule has 6 nitrogen and oxygen atoms in total. The Bertz CT molecular complexity index is 1310. The fourth-order valence-electron chi connectivity index (χ4n) is 5.11. The summed E-state index contributed by atoms with van der Waals surface area (Å²) in [5, 5.41) is 3.67. The van der Waals surface area contributed by atoms with Gasteiger partial charge in [0.2, 0.25) is 5.95 Å². The molecule has 1 fully saturated rings. The monoisotopic (exact) mass is 495 g/mol. The van der Waals surface area contributed by atoms with Crippen LogP contribution in [0.2, 0.25) is 5.02 Å². The van der Waals surface area contributed by atoms with E-state index in [0.717, 1.165) is 18.7 Å². The van der Waals surface area contributed by atoms with Crippen LogP contribution in [0.5, 0.6) is 0 Å². The number of nitrogens with zero attached hydrogens (tertiary/aromatic N) is 4. The highest BCUT2D eigenvalue weighted by molar-refractivity contribution is 8.00. The van der Waals surface area contributed by atoms with E-state index < -0.39 is 5.82 Å². The van der Waals surface area contributed by atoms with Crippen LogP contribution in [-0.2, 0) is 12.0 Å². The van der Waals surface area contributed by atoms with Gasteiger partial charge in [-0.15, -0.1) is 0 Å². The van der Waals surface area contributed by atoms with Crippen LogP contribution >= 0.6 is 23.4 Å². The zero-order chi connectivity index (χ0) is 23.6. The minimum atomic E-state index is -0.539. The van der Waals surface area contributed by atoms with Crippen LogP contribution in [0, 0.1) is 5.82 Å². The van der Waals surface area contributed by atoms with Gasteiger partial charge < -0.3 is 5.32 Å². The van der Waals surface area contributed by atoms with Gasteiger partial charge in [0.25, 0.3) is 5.91 Å². The quantitative estimate of drug-likeness (QED) is 0.478. The van der Waals surface area contributed by atoms with E-state index in [1.807, 2.05) is 6.92 Å². The second kappa shape index (κ2) is 7.93. The molecule has 2 aliphatic heterocycles. The van der Waals surface area contributed by atoms with Gasteiger partial charge in [0.15, 0.2) is 0 Å². The van der Waals surface area contributed by atoms with Crippen molar-refractivity contribution in [3.63, 3.8) is 0 Å². The maximum Gasteiger partial charge on any atom is 0.263 e. The molecule has 1 N–H and O–H groups in total. The number of hydrogen-bond donors (Lipinski definition) is 1. The lowest BCUT2D eigenvalue weighted by Gasteiger charge is -2.35. The molecule has 0 saturated heterocycles. The number of benzene rings is 2. The number of likely N-dealkylation sites (N-methyl/N-ethyl adjacent to an activating group) is 1. The highest BCUT2D eigenvalue weighted by atomic mass is 35.5. The number of carbonyl (C=O) groups is 1. The Hall–Kier alpha value is -2.68. The number of thioether (sulfide) groups is 1. The lowest BCUT2D eigenvalue weighted by Crippen LogP contribution is -2.41. The molecule has 34 heavy (non-hydrogen) atoms. The maximum atomic E-state index is 14.5. The van der Waals surface area contributed by atoms with E-state index in [-0.39, 0.29) is 27.5 Å². The smallest absolute Gasteiger partial charge is 0.263 e. The summed E-state index contributed by atoms with van der Waals surface area (Å²) in [7, 11) is 2.21. The number of fused-ring (bicyclic) bond motifs is 3. The van der Waals surface area contributed by atoms with Gasteiger partial charge in [-0.25, -0.2) is 14.4 Å². The minimum Gasteiger partial charge on any atom is -0.324 e. The molecule has 0 radical (unpaired) electrons. The van der Waals surface area contributed by atoms with Crippen molar-refractivity contribution in [3.05, 3.63) is 70.1 Å². The largest absolute Gasteiger partial charge is 0.324 e. The summed E-state index contributed by atoms with van der Waals surface area (Å²) < 4.78 is 14.5. The Morgan fingerprint density at radius 2 is 2.09 bits per heavy atom. The van der Waals surface area contributed by atoms with E-state index in [1.54, 1.807) is 6.07 Å². The molecular formula is C25H23ClFN5OS. The molecule has 9 heteroatoms. The molecule has 3 aromatic rings. The van der Waals surface area contributed by atoms with Crippen molar-refractivity contribution in [2.75, 3.05) is 23.8 Å². The second-order valence-corrected chi connectivity index (χ2v) is 10.8. The van der Waals surface area contributed by atoms with Gasteiger partial charge in [0, 0.05) is 24.0 Å². The van der Waals surface area contributed by atoms with Crippen molar-refractivity contribution in [1.29, 1.82) is 0 Å². The number of halogens is 2. The minimum absolute atomic E-state index is 0.0788. The average molecular weight is 496 g/mol. The van der Waals surface area contributed by atoms with Crippen molar-refractivity contribution in [1.82, 2.24) is 14.9 Å². The van der Waals surface area contributed by atoms with Crippen LogP contribution in [-0.4, -0.2) is 39.7 Å². The number of para-hydroxylation sites is 1. The molecule has 3 heterocycles. The van der Waals surface area contributed by atoms with E-state index in [2.05, 4.69) is 45.4 Å². The predicted molar refractivity (Wildman–Crippen MR) is 133 cm³/mol. The molecule has 0 bridgehead atoms. The summed E-state index contributed by atoms with van der Waals surface area (Å²) >= 11 is 7.60. The summed E-state index contributed by atoms with van der Waals surface area (Å²) in [6, 6.07) is 10.9. The number of aromatic nitrogens is 2. The van der Waals surface area contributed by atoms with Crippen LogP contribution in [0.15, 0.2) is 47.6 Å². The van der Waals surface area contributed by atoms with Gasteiger partial charge in [-0.05, 0) is 68.6 Å². The van der Waals surface area contributed by atoms with Gasteiger partial charge in [-0.2, -0.15) is 0 Å². The maximum absolute atomic E-state index is 14.5. The Morgan fingerprint density at radius 3 is 2.85 bits per heavy atom. The first-order valence-electron chi connectivity index (χ1n) is 11.3.